The lowest BCUT2D eigenvalue weighted by molar-refractivity contribution is -0.139. The van der Waals surface area contributed by atoms with Crippen LogP contribution in [0.25, 0.3) is 0 Å². The average Bonchev–Trinajstić information content (AvgIpc) is 2.69. The van der Waals surface area contributed by atoms with Crippen LogP contribution in [0.3, 0.4) is 0 Å². The van der Waals surface area contributed by atoms with E-state index in [0.29, 0.717) is 18.5 Å². The number of carbonyl (C=O) groups excluding carboxylic acids is 2. The van der Waals surface area contributed by atoms with Gasteiger partial charge < -0.3 is 25.5 Å². The van der Waals surface area contributed by atoms with Crippen molar-refractivity contribution in [1.29, 1.82) is 0 Å². The topological polar surface area (TPSA) is 138 Å². The highest BCUT2D eigenvalue weighted by atomic mass is 16.6. The second-order valence-electron chi connectivity index (χ2n) is 8.32. The summed E-state index contributed by atoms with van der Waals surface area (Å²) in [6.45, 7) is 5.39. The summed E-state index contributed by atoms with van der Waals surface area (Å²) >= 11 is 0. The molecule has 2 aromatic rings. The SMILES string of the molecule is CC(C)(C)OC(=O)NCCC[C@H](NC(=O)c1ccc(Cc2ccccc2)[nH]c1=O)C(=O)O. The van der Waals surface area contributed by atoms with Gasteiger partial charge in [-0.15, -0.1) is 0 Å². The Bertz CT molecular complexity index is 995. The third-order valence-electron chi connectivity index (χ3n) is 4.39. The molecule has 172 valence electrons. The number of aliphatic carboxylic acids is 1. The lowest BCUT2D eigenvalue weighted by atomic mass is 10.1. The number of pyridine rings is 1. The second-order valence-corrected chi connectivity index (χ2v) is 8.32. The number of nitrogens with one attached hydrogen (secondary N) is 3. The van der Waals surface area contributed by atoms with Gasteiger partial charge in [0, 0.05) is 18.7 Å². The highest BCUT2D eigenvalue weighted by Gasteiger charge is 2.22. The minimum absolute atomic E-state index is 0.0703. The first-order valence-electron chi connectivity index (χ1n) is 10.3. The molecule has 2 amide bonds. The van der Waals surface area contributed by atoms with Crippen LogP contribution in [0.4, 0.5) is 4.79 Å². The molecule has 32 heavy (non-hydrogen) atoms. The fraction of sp³-hybridized carbons (Fsp3) is 0.391. The molecule has 1 aromatic heterocycles. The number of amides is 2. The van der Waals surface area contributed by atoms with Crippen LogP contribution in [0, 0.1) is 0 Å². The number of aromatic amines is 1. The van der Waals surface area contributed by atoms with Gasteiger partial charge in [0.05, 0.1) is 0 Å². The zero-order chi connectivity index (χ0) is 23.7. The number of carbonyl (C=O) groups is 3. The van der Waals surface area contributed by atoms with Crippen molar-refractivity contribution in [3.63, 3.8) is 0 Å². The van der Waals surface area contributed by atoms with Gasteiger partial charge >= 0.3 is 12.1 Å². The van der Waals surface area contributed by atoms with Crippen LogP contribution in [0.15, 0.2) is 47.3 Å². The zero-order valence-corrected chi connectivity index (χ0v) is 18.4. The highest BCUT2D eigenvalue weighted by molar-refractivity contribution is 5.96. The first-order valence-corrected chi connectivity index (χ1v) is 10.3. The number of carboxylic acid groups (broad SMARTS) is 1. The summed E-state index contributed by atoms with van der Waals surface area (Å²) in [5.74, 6) is -2.00. The largest absolute Gasteiger partial charge is 0.480 e. The molecule has 1 atom stereocenters. The highest BCUT2D eigenvalue weighted by Crippen LogP contribution is 2.08. The summed E-state index contributed by atoms with van der Waals surface area (Å²) < 4.78 is 5.10. The molecule has 2 rings (SSSR count). The lowest BCUT2D eigenvalue weighted by Crippen LogP contribution is -2.43. The van der Waals surface area contributed by atoms with Crippen molar-refractivity contribution in [3.8, 4) is 0 Å². The third-order valence-corrected chi connectivity index (χ3v) is 4.39. The Labute approximate surface area is 186 Å². The molecule has 0 spiro atoms. The molecule has 0 bridgehead atoms. The molecule has 1 aromatic carbocycles. The summed E-state index contributed by atoms with van der Waals surface area (Å²) in [6.07, 6.45) is 0.264. The van der Waals surface area contributed by atoms with E-state index in [1.165, 1.54) is 6.07 Å². The summed E-state index contributed by atoms with van der Waals surface area (Å²) in [5.41, 5.74) is 0.254. The maximum Gasteiger partial charge on any atom is 0.407 e. The Kier molecular flexibility index (Phi) is 8.57. The van der Waals surface area contributed by atoms with E-state index in [1.54, 1.807) is 26.8 Å². The molecular formula is C23H29N3O6. The van der Waals surface area contributed by atoms with Crippen molar-refractivity contribution in [1.82, 2.24) is 15.6 Å². The fourth-order valence-electron chi connectivity index (χ4n) is 2.92. The fourth-order valence-corrected chi connectivity index (χ4v) is 2.92. The normalized spacial score (nSPS) is 12.0. The third kappa shape index (κ3) is 8.25. The van der Waals surface area contributed by atoms with E-state index in [1.807, 2.05) is 30.3 Å². The van der Waals surface area contributed by atoms with Gasteiger partial charge in [-0.1, -0.05) is 30.3 Å². The number of carboxylic acids is 1. The maximum atomic E-state index is 12.5. The van der Waals surface area contributed by atoms with Crippen LogP contribution in [-0.4, -0.2) is 46.2 Å². The number of alkyl carbamates (subject to hydrolysis) is 1. The van der Waals surface area contributed by atoms with Gasteiger partial charge in [-0.05, 0) is 51.3 Å². The number of H-pyrrole nitrogens is 1. The quantitative estimate of drug-likeness (QED) is 0.439. The van der Waals surface area contributed by atoms with Crippen LogP contribution in [0.5, 0.6) is 0 Å². The maximum absolute atomic E-state index is 12.5. The number of aromatic nitrogens is 1. The molecular weight excluding hydrogens is 414 g/mol. The molecule has 0 fully saturated rings. The molecule has 9 heteroatoms. The Morgan fingerprint density at radius 2 is 1.78 bits per heavy atom. The van der Waals surface area contributed by atoms with Gasteiger partial charge in [0.25, 0.3) is 11.5 Å². The molecule has 0 unspecified atom stereocenters. The van der Waals surface area contributed by atoms with Crippen molar-refractivity contribution >= 4 is 18.0 Å². The molecule has 0 aliphatic rings. The molecule has 1 heterocycles. The summed E-state index contributed by atoms with van der Waals surface area (Å²) in [4.78, 5) is 50.6. The number of ether oxygens (including phenoxy) is 1. The van der Waals surface area contributed by atoms with Crippen LogP contribution < -0.4 is 16.2 Å². The molecule has 0 saturated carbocycles. The predicted molar refractivity (Wildman–Crippen MR) is 119 cm³/mol. The Balaban J connectivity index is 1.91. The molecule has 0 aliphatic carbocycles. The lowest BCUT2D eigenvalue weighted by Gasteiger charge is -2.20. The molecule has 4 N–H and O–H groups in total. The van der Waals surface area contributed by atoms with Crippen LogP contribution in [0.1, 0.15) is 55.2 Å². The van der Waals surface area contributed by atoms with Crippen LogP contribution in [0.2, 0.25) is 0 Å². The number of hydrogen-bond acceptors (Lipinski definition) is 5. The van der Waals surface area contributed by atoms with Gasteiger partial charge in [0.1, 0.15) is 17.2 Å². The van der Waals surface area contributed by atoms with E-state index < -0.39 is 35.2 Å². The average molecular weight is 444 g/mol. The van der Waals surface area contributed by atoms with Gasteiger partial charge in [-0.2, -0.15) is 0 Å². The Morgan fingerprint density at radius 1 is 1.09 bits per heavy atom. The van der Waals surface area contributed by atoms with E-state index in [0.717, 1.165) is 5.56 Å². The predicted octanol–water partition coefficient (Wildman–Crippen LogP) is 2.45. The summed E-state index contributed by atoms with van der Waals surface area (Å²) in [6, 6.07) is 11.3. The van der Waals surface area contributed by atoms with E-state index in [9.17, 15) is 24.3 Å². The van der Waals surface area contributed by atoms with Crippen molar-refractivity contribution in [2.24, 2.45) is 0 Å². The molecule has 0 saturated heterocycles. The second kappa shape index (κ2) is 11.1. The molecule has 0 aliphatic heterocycles. The monoisotopic (exact) mass is 443 g/mol. The standard InChI is InChI=1S/C23H29N3O6/c1-23(2,3)32-22(31)24-13-7-10-18(21(29)30)26-20(28)17-12-11-16(25-19(17)27)14-15-8-5-4-6-9-15/h4-6,8-9,11-12,18H,7,10,13-14H2,1-3H3,(H,24,31)(H,25,27)(H,26,28)(H,29,30)/t18-/m0/s1. The van der Waals surface area contributed by atoms with Crippen molar-refractivity contribution in [3.05, 3.63) is 69.6 Å². The Hall–Kier alpha value is -3.62. The van der Waals surface area contributed by atoms with Crippen molar-refractivity contribution < 1.29 is 24.2 Å². The minimum Gasteiger partial charge on any atom is -0.480 e. The number of rotatable bonds is 9. The van der Waals surface area contributed by atoms with E-state index in [-0.39, 0.29) is 18.5 Å². The molecule has 9 nitrogen and oxygen atoms in total. The van der Waals surface area contributed by atoms with E-state index in [4.69, 9.17) is 4.74 Å². The zero-order valence-electron chi connectivity index (χ0n) is 18.4. The minimum atomic E-state index is -1.23. The van der Waals surface area contributed by atoms with Gasteiger partial charge in [-0.3, -0.25) is 9.59 Å². The first kappa shape index (κ1) is 24.6. The van der Waals surface area contributed by atoms with E-state index >= 15 is 0 Å². The number of hydrogen-bond donors (Lipinski definition) is 4. The van der Waals surface area contributed by atoms with Gasteiger partial charge in [0.2, 0.25) is 0 Å². The van der Waals surface area contributed by atoms with Crippen molar-refractivity contribution in [2.45, 2.75) is 51.7 Å². The molecule has 0 radical (unpaired) electrons. The van der Waals surface area contributed by atoms with Gasteiger partial charge in [0.15, 0.2) is 0 Å². The number of benzene rings is 1. The smallest absolute Gasteiger partial charge is 0.407 e. The van der Waals surface area contributed by atoms with Crippen LogP contribution >= 0.6 is 0 Å². The Morgan fingerprint density at radius 3 is 2.38 bits per heavy atom. The van der Waals surface area contributed by atoms with Crippen LogP contribution in [-0.2, 0) is 16.0 Å². The van der Waals surface area contributed by atoms with E-state index in [2.05, 4.69) is 15.6 Å². The van der Waals surface area contributed by atoms with Gasteiger partial charge in [-0.25, -0.2) is 9.59 Å². The summed E-state index contributed by atoms with van der Waals surface area (Å²) in [7, 11) is 0. The summed E-state index contributed by atoms with van der Waals surface area (Å²) in [5, 5.41) is 14.3. The first-order chi connectivity index (χ1) is 15.0. The van der Waals surface area contributed by atoms with Crippen molar-refractivity contribution in [2.75, 3.05) is 6.54 Å².